The van der Waals surface area contributed by atoms with Crippen LogP contribution in [0, 0.1) is 0 Å². The Morgan fingerprint density at radius 1 is 1.60 bits per heavy atom. The molecule has 0 radical (unpaired) electrons. The van der Waals surface area contributed by atoms with Crippen molar-refractivity contribution in [2.24, 2.45) is 4.99 Å². The van der Waals surface area contributed by atoms with Gasteiger partial charge in [-0.1, -0.05) is 6.08 Å². The maximum Gasteiger partial charge on any atom is 0.270 e. The summed E-state index contributed by atoms with van der Waals surface area (Å²) in [6.45, 7) is 0.623. The SMILES string of the molecule is O=C1NCC=C2C=CN=C12. The molecule has 0 aromatic carbocycles. The lowest BCUT2D eigenvalue weighted by Crippen LogP contribution is -2.35. The Kier molecular flexibility index (Phi) is 0.974. The van der Waals surface area contributed by atoms with Crippen molar-refractivity contribution in [1.82, 2.24) is 5.32 Å². The molecule has 2 heterocycles. The number of nitrogens with one attached hydrogen (secondary N) is 1. The number of nitrogens with zero attached hydrogens (tertiary/aromatic N) is 1. The first-order valence-corrected chi connectivity index (χ1v) is 3.11. The molecule has 2 rings (SSSR count). The first-order valence-electron chi connectivity index (χ1n) is 3.11. The molecular weight excluding hydrogens is 128 g/mol. The van der Waals surface area contributed by atoms with Gasteiger partial charge in [0.05, 0.1) is 0 Å². The molecule has 0 aromatic rings. The highest BCUT2D eigenvalue weighted by molar-refractivity contribution is 6.47. The third-order valence-corrected chi connectivity index (χ3v) is 1.53. The van der Waals surface area contributed by atoms with Gasteiger partial charge in [0.2, 0.25) is 0 Å². The van der Waals surface area contributed by atoms with E-state index in [9.17, 15) is 4.79 Å². The van der Waals surface area contributed by atoms with E-state index in [2.05, 4.69) is 10.3 Å². The minimum atomic E-state index is -0.0671. The Hall–Kier alpha value is -1.38. The van der Waals surface area contributed by atoms with Gasteiger partial charge in [0, 0.05) is 18.3 Å². The largest absolute Gasteiger partial charge is 0.347 e. The normalized spacial score (nSPS) is 21.4. The van der Waals surface area contributed by atoms with E-state index in [4.69, 9.17) is 0 Å². The first-order chi connectivity index (χ1) is 4.88. The molecule has 2 aliphatic heterocycles. The van der Waals surface area contributed by atoms with Crippen LogP contribution in [0.25, 0.3) is 0 Å². The smallest absolute Gasteiger partial charge is 0.270 e. The van der Waals surface area contributed by atoms with Crippen molar-refractivity contribution < 1.29 is 4.79 Å². The molecule has 0 fully saturated rings. The monoisotopic (exact) mass is 134 g/mol. The summed E-state index contributed by atoms with van der Waals surface area (Å²) in [4.78, 5) is 14.8. The van der Waals surface area contributed by atoms with E-state index < -0.39 is 0 Å². The Morgan fingerprint density at radius 2 is 2.50 bits per heavy atom. The van der Waals surface area contributed by atoms with Gasteiger partial charge >= 0.3 is 0 Å². The highest BCUT2D eigenvalue weighted by atomic mass is 16.1. The van der Waals surface area contributed by atoms with Crippen LogP contribution in [-0.4, -0.2) is 18.2 Å². The predicted molar refractivity (Wildman–Crippen MR) is 37.7 cm³/mol. The van der Waals surface area contributed by atoms with Gasteiger partial charge in [-0.15, -0.1) is 0 Å². The molecule has 2 aliphatic rings. The lowest BCUT2D eigenvalue weighted by atomic mass is 10.1. The van der Waals surface area contributed by atoms with Gasteiger partial charge in [0.15, 0.2) is 0 Å². The van der Waals surface area contributed by atoms with E-state index >= 15 is 0 Å². The van der Waals surface area contributed by atoms with E-state index in [1.807, 2.05) is 12.2 Å². The van der Waals surface area contributed by atoms with Crippen LogP contribution in [0.5, 0.6) is 0 Å². The van der Waals surface area contributed by atoms with Crippen molar-refractivity contribution in [2.45, 2.75) is 0 Å². The predicted octanol–water partition coefficient (Wildman–Crippen LogP) is 0.0109. The summed E-state index contributed by atoms with van der Waals surface area (Å²) >= 11 is 0. The summed E-state index contributed by atoms with van der Waals surface area (Å²) in [6, 6.07) is 0. The number of hydrogen-bond donors (Lipinski definition) is 1. The van der Waals surface area contributed by atoms with Crippen molar-refractivity contribution in [1.29, 1.82) is 0 Å². The van der Waals surface area contributed by atoms with Crippen molar-refractivity contribution in [3.8, 4) is 0 Å². The molecular formula is C7H6N2O. The summed E-state index contributed by atoms with van der Waals surface area (Å²) in [5.41, 5.74) is 1.50. The first kappa shape index (κ1) is 5.41. The number of hydrogen-bond acceptors (Lipinski definition) is 2. The van der Waals surface area contributed by atoms with Gasteiger partial charge in [-0.25, -0.2) is 0 Å². The third-order valence-electron chi connectivity index (χ3n) is 1.53. The number of carbonyl (C=O) groups excluding carboxylic acids is 1. The summed E-state index contributed by atoms with van der Waals surface area (Å²) in [5, 5.41) is 2.67. The molecule has 10 heavy (non-hydrogen) atoms. The minimum absolute atomic E-state index is 0.0671. The maximum absolute atomic E-state index is 11.0. The number of carbonyl (C=O) groups is 1. The second-order valence-corrected chi connectivity index (χ2v) is 2.16. The molecule has 50 valence electrons. The van der Waals surface area contributed by atoms with E-state index in [0.717, 1.165) is 5.57 Å². The molecule has 3 heteroatoms. The van der Waals surface area contributed by atoms with Gasteiger partial charge in [0.25, 0.3) is 5.91 Å². The molecule has 0 atom stereocenters. The molecule has 0 spiro atoms. The van der Waals surface area contributed by atoms with Crippen LogP contribution in [0.4, 0.5) is 0 Å². The summed E-state index contributed by atoms with van der Waals surface area (Å²) in [7, 11) is 0. The summed E-state index contributed by atoms with van der Waals surface area (Å²) in [6.07, 6.45) is 5.43. The van der Waals surface area contributed by atoms with Gasteiger partial charge in [-0.3, -0.25) is 9.79 Å². The summed E-state index contributed by atoms with van der Waals surface area (Å²) in [5.74, 6) is -0.0671. The Balaban J connectivity index is 2.46. The van der Waals surface area contributed by atoms with Crippen LogP contribution in [0.1, 0.15) is 0 Å². The van der Waals surface area contributed by atoms with Crippen LogP contribution in [-0.2, 0) is 4.79 Å². The Morgan fingerprint density at radius 3 is 3.30 bits per heavy atom. The molecule has 0 unspecified atom stereocenters. The zero-order chi connectivity index (χ0) is 6.97. The lowest BCUT2D eigenvalue weighted by molar-refractivity contribution is -0.114. The quantitative estimate of drug-likeness (QED) is 0.498. The number of aliphatic imine (C=N–C) groups is 1. The molecule has 0 saturated heterocycles. The van der Waals surface area contributed by atoms with E-state index in [0.29, 0.717) is 12.3 Å². The van der Waals surface area contributed by atoms with Crippen LogP contribution in [0.3, 0.4) is 0 Å². The number of rotatable bonds is 0. The minimum Gasteiger partial charge on any atom is -0.347 e. The van der Waals surface area contributed by atoms with Crippen molar-refractivity contribution in [3.63, 3.8) is 0 Å². The topological polar surface area (TPSA) is 41.5 Å². The fraction of sp³-hybridized carbons (Fsp3) is 0.143. The lowest BCUT2D eigenvalue weighted by Gasteiger charge is -2.08. The van der Waals surface area contributed by atoms with Gasteiger partial charge in [0.1, 0.15) is 5.71 Å². The average molecular weight is 134 g/mol. The number of fused-ring (bicyclic) bond motifs is 1. The maximum atomic E-state index is 11.0. The Bertz CT molecular complexity index is 273. The molecule has 1 N–H and O–H groups in total. The number of allylic oxidation sites excluding steroid dienone is 1. The fourth-order valence-corrected chi connectivity index (χ4v) is 1.04. The molecule has 0 aliphatic carbocycles. The molecule has 0 saturated carbocycles. The zero-order valence-corrected chi connectivity index (χ0v) is 5.29. The van der Waals surface area contributed by atoms with Gasteiger partial charge in [-0.2, -0.15) is 0 Å². The highest BCUT2D eigenvalue weighted by Crippen LogP contribution is 2.11. The average Bonchev–Trinajstić information content (AvgIpc) is 2.36. The van der Waals surface area contributed by atoms with Gasteiger partial charge in [-0.05, 0) is 6.08 Å². The van der Waals surface area contributed by atoms with Crippen LogP contribution in [0.15, 0.2) is 28.9 Å². The second kappa shape index (κ2) is 1.80. The van der Waals surface area contributed by atoms with E-state index in [1.165, 1.54) is 0 Å². The Labute approximate surface area is 58.1 Å². The summed E-state index contributed by atoms with van der Waals surface area (Å²) < 4.78 is 0. The molecule has 1 amide bonds. The van der Waals surface area contributed by atoms with Crippen molar-refractivity contribution in [3.05, 3.63) is 23.9 Å². The number of amides is 1. The zero-order valence-electron chi connectivity index (χ0n) is 5.29. The van der Waals surface area contributed by atoms with E-state index in [-0.39, 0.29) is 5.91 Å². The molecule has 0 bridgehead atoms. The van der Waals surface area contributed by atoms with Crippen molar-refractivity contribution >= 4 is 11.6 Å². The highest BCUT2D eigenvalue weighted by Gasteiger charge is 2.19. The van der Waals surface area contributed by atoms with Gasteiger partial charge < -0.3 is 5.32 Å². The second-order valence-electron chi connectivity index (χ2n) is 2.16. The molecule has 3 nitrogen and oxygen atoms in total. The third kappa shape index (κ3) is 0.603. The van der Waals surface area contributed by atoms with Crippen LogP contribution in [0.2, 0.25) is 0 Å². The standard InChI is InChI=1S/C7H6N2O/c10-7-6-5(1-3-8-6)2-4-9-7/h1-3H,4H2,(H,9,10). The fourth-order valence-electron chi connectivity index (χ4n) is 1.04. The van der Waals surface area contributed by atoms with Crippen LogP contribution < -0.4 is 5.32 Å². The van der Waals surface area contributed by atoms with Crippen LogP contribution >= 0.6 is 0 Å². The molecule has 0 aromatic heterocycles. The van der Waals surface area contributed by atoms with Crippen molar-refractivity contribution in [2.75, 3.05) is 6.54 Å². The van der Waals surface area contributed by atoms with E-state index in [1.54, 1.807) is 6.20 Å².